The maximum atomic E-state index is 12.3. The number of thioether (sulfide) groups is 1. The normalized spacial score (nSPS) is 16.1. The van der Waals surface area contributed by atoms with Crippen LogP contribution in [-0.4, -0.2) is 52.8 Å². The van der Waals surface area contributed by atoms with Crippen LogP contribution in [0, 0.1) is 0 Å². The number of rotatable bonds is 8. The molecule has 0 bridgehead atoms. The van der Waals surface area contributed by atoms with Crippen molar-refractivity contribution in [1.82, 2.24) is 20.1 Å². The van der Waals surface area contributed by atoms with Gasteiger partial charge in [-0.05, 0) is 36.4 Å². The molecular weight excluding hydrogens is 408 g/mol. The van der Waals surface area contributed by atoms with Crippen LogP contribution >= 0.6 is 23.1 Å². The molecule has 0 aliphatic carbocycles. The lowest BCUT2D eigenvalue weighted by Crippen LogP contribution is -2.32. The molecule has 9 heteroatoms. The summed E-state index contributed by atoms with van der Waals surface area (Å²) in [7, 11) is 1.64. The molecule has 1 aromatic carbocycles. The lowest BCUT2D eigenvalue weighted by molar-refractivity contribution is -0.119. The quantitative estimate of drug-likeness (QED) is 0.552. The Bertz CT molecular complexity index is 953. The van der Waals surface area contributed by atoms with Gasteiger partial charge in [0.1, 0.15) is 5.75 Å². The lowest BCUT2D eigenvalue weighted by Gasteiger charge is -2.13. The van der Waals surface area contributed by atoms with E-state index in [-0.39, 0.29) is 17.8 Å². The van der Waals surface area contributed by atoms with Gasteiger partial charge in [0.2, 0.25) is 5.91 Å². The molecule has 1 N–H and O–H groups in total. The van der Waals surface area contributed by atoms with Gasteiger partial charge in [-0.15, -0.1) is 21.5 Å². The van der Waals surface area contributed by atoms with E-state index in [0.717, 1.165) is 41.6 Å². The number of carbonyl (C=O) groups excluding carboxylic acids is 1. The fourth-order valence-corrected chi connectivity index (χ4v) is 4.65. The van der Waals surface area contributed by atoms with Gasteiger partial charge in [0.05, 0.1) is 29.5 Å². The Labute approximate surface area is 177 Å². The molecule has 3 heterocycles. The topological polar surface area (TPSA) is 78.3 Å². The Morgan fingerprint density at radius 3 is 3.00 bits per heavy atom. The van der Waals surface area contributed by atoms with Gasteiger partial charge in [-0.1, -0.05) is 30.0 Å². The van der Waals surface area contributed by atoms with Crippen molar-refractivity contribution in [3.05, 3.63) is 41.8 Å². The second-order valence-corrected chi connectivity index (χ2v) is 8.41. The number of hydrogen-bond acceptors (Lipinski definition) is 7. The molecule has 2 aromatic heterocycles. The minimum absolute atomic E-state index is 0.0437. The van der Waals surface area contributed by atoms with E-state index in [4.69, 9.17) is 9.47 Å². The van der Waals surface area contributed by atoms with E-state index < -0.39 is 0 Å². The Balaban J connectivity index is 1.54. The van der Waals surface area contributed by atoms with Crippen molar-refractivity contribution in [2.75, 3.05) is 26.0 Å². The summed E-state index contributed by atoms with van der Waals surface area (Å²) < 4.78 is 13.0. The van der Waals surface area contributed by atoms with Crippen molar-refractivity contribution in [3.8, 4) is 22.1 Å². The number of carbonyl (C=O) groups is 1. The minimum atomic E-state index is -0.0437. The first-order valence-electron chi connectivity index (χ1n) is 9.40. The van der Waals surface area contributed by atoms with Crippen LogP contribution < -0.4 is 10.1 Å². The number of benzene rings is 1. The largest absolute Gasteiger partial charge is 0.495 e. The third kappa shape index (κ3) is 4.63. The number of nitrogens with one attached hydrogen (secondary N) is 1. The van der Waals surface area contributed by atoms with Crippen molar-refractivity contribution in [3.63, 3.8) is 0 Å². The molecule has 4 rings (SSSR count). The van der Waals surface area contributed by atoms with Crippen LogP contribution in [-0.2, 0) is 9.53 Å². The fraction of sp³-hybridized carbons (Fsp3) is 0.350. The fourth-order valence-electron chi connectivity index (χ4n) is 3.17. The molecule has 0 saturated carbocycles. The number of methoxy groups -OCH3 is 1. The third-order valence-electron chi connectivity index (χ3n) is 4.58. The van der Waals surface area contributed by atoms with E-state index in [9.17, 15) is 4.79 Å². The molecule has 29 heavy (non-hydrogen) atoms. The lowest BCUT2D eigenvalue weighted by atomic mass is 10.2. The average molecular weight is 431 g/mol. The predicted molar refractivity (Wildman–Crippen MR) is 114 cm³/mol. The van der Waals surface area contributed by atoms with E-state index in [1.807, 2.05) is 46.3 Å². The zero-order chi connectivity index (χ0) is 20.1. The summed E-state index contributed by atoms with van der Waals surface area (Å²) in [5.74, 6) is 1.66. The van der Waals surface area contributed by atoms with E-state index in [1.54, 1.807) is 18.4 Å². The summed E-state index contributed by atoms with van der Waals surface area (Å²) in [6.45, 7) is 1.34. The molecule has 0 unspecified atom stereocenters. The van der Waals surface area contributed by atoms with Crippen LogP contribution in [0.2, 0.25) is 0 Å². The van der Waals surface area contributed by atoms with Crippen LogP contribution in [0.3, 0.4) is 0 Å². The molecule has 1 aliphatic rings. The first-order valence-corrected chi connectivity index (χ1v) is 11.3. The Morgan fingerprint density at radius 2 is 2.24 bits per heavy atom. The zero-order valence-corrected chi connectivity index (χ0v) is 17.7. The summed E-state index contributed by atoms with van der Waals surface area (Å²) in [4.78, 5) is 13.3. The highest BCUT2D eigenvalue weighted by Gasteiger charge is 2.21. The van der Waals surface area contributed by atoms with Gasteiger partial charge in [0, 0.05) is 13.2 Å². The number of thiophene rings is 1. The monoisotopic (exact) mass is 430 g/mol. The second kappa shape index (κ2) is 9.43. The van der Waals surface area contributed by atoms with Crippen LogP contribution in [0.15, 0.2) is 46.9 Å². The standard InChI is InChI=1S/C20H22N4O3S2/c1-26-16-8-3-2-7-15(16)24-19(17-9-5-11-28-17)22-23-20(24)29-13-18(25)21-12-14-6-4-10-27-14/h2-3,5,7-9,11,14H,4,6,10,12-13H2,1H3,(H,21,25)/t14-/m0/s1. The molecule has 1 atom stereocenters. The smallest absolute Gasteiger partial charge is 0.230 e. The van der Waals surface area contributed by atoms with Gasteiger partial charge < -0.3 is 14.8 Å². The first-order chi connectivity index (χ1) is 14.3. The summed E-state index contributed by atoms with van der Waals surface area (Å²) in [6, 6.07) is 11.7. The second-order valence-electron chi connectivity index (χ2n) is 6.52. The van der Waals surface area contributed by atoms with Crippen molar-refractivity contribution in [1.29, 1.82) is 0 Å². The molecule has 152 valence electrons. The van der Waals surface area contributed by atoms with E-state index in [1.165, 1.54) is 11.8 Å². The highest BCUT2D eigenvalue weighted by atomic mass is 32.2. The molecule has 1 amide bonds. The average Bonchev–Trinajstić information content (AvgIpc) is 3.52. The van der Waals surface area contributed by atoms with Gasteiger partial charge in [-0.2, -0.15) is 0 Å². The summed E-state index contributed by atoms with van der Waals surface area (Å²) in [5, 5.41) is 14.3. The molecule has 1 aliphatic heterocycles. The van der Waals surface area contributed by atoms with Crippen LogP contribution in [0.1, 0.15) is 12.8 Å². The van der Waals surface area contributed by atoms with Gasteiger partial charge in [0.25, 0.3) is 0 Å². The molecule has 0 spiro atoms. The summed E-state index contributed by atoms with van der Waals surface area (Å²) >= 11 is 2.95. The van der Waals surface area contributed by atoms with Gasteiger partial charge >= 0.3 is 0 Å². The van der Waals surface area contributed by atoms with E-state index >= 15 is 0 Å². The maximum absolute atomic E-state index is 12.3. The maximum Gasteiger partial charge on any atom is 0.230 e. The molecular formula is C20H22N4O3S2. The Morgan fingerprint density at radius 1 is 1.34 bits per heavy atom. The van der Waals surface area contributed by atoms with E-state index in [0.29, 0.717) is 11.7 Å². The van der Waals surface area contributed by atoms with Crippen molar-refractivity contribution >= 4 is 29.0 Å². The van der Waals surface area contributed by atoms with E-state index in [2.05, 4.69) is 15.5 Å². The number of ether oxygens (including phenoxy) is 2. The summed E-state index contributed by atoms with van der Waals surface area (Å²) in [5.41, 5.74) is 0.839. The highest BCUT2D eigenvalue weighted by molar-refractivity contribution is 7.99. The zero-order valence-electron chi connectivity index (χ0n) is 16.0. The molecule has 7 nitrogen and oxygen atoms in total. The SMILES string of the molecule is COc1ccccc1-n1c(SCC(=O)NC[C@@H]2CCCO2)nnc1-c1cccs1. The third-order valence-corrected chi connectivity index (χ3v) is 6.38. The number of amides is 1. The molecule has 3 aromatic rings. The van der Waals surface area contributed by atoms with Crippen LogP contribution in [0.25, 0.3) is 16.4 Å². The Kier molecular flexibility index (Phi) is 6.48. The van der Waals surface area contributed by atoms with Gasteiger partial charge in [-0.3, -0.25) is 9.36 Å². The highest BCUT2D eigenvalue weighted by Crippen LogP contribution is 2.33. The van der Waals surface area contributed by atoms with Crippen LogP contribution in [0.4, 0.5) is 0 Å². The number of hydrogen-bond donors (Lipinski definition) is 1. The van der Waals surface area contributed by atoms with Gasteiger partial charge in [-0.25, -0.2) is 0 Å². The number of nitrogens with zero attached hydrogens (tertiary/aromatic N) is 3. The minimum Gasteiger partial charge on any atom is -0.495 e. The predicted octanol–water partition coefficient (Wildman–Crippen LogP) is 3.39. The Hall–Kier alpha value is -2.36. The van der Waals surface area contributed by atoms with Crippen molar-refractivity contribution < 1.29 is 14.3 Å². The number of aromatic nitrogens is 3. The molecule has 1 fully saturated rings. The first kappa shape index (κ1) is 19.9. The van der Waals surface area contributed by atoms with Gasteiger partial charge in [0.15, 0.2) is 11.0 Å². The molecule has 0 radical (unpaired) electrons. The summed E-state index contributed by atoms with van der Waals surface area (Å²) in [6.07, 6.45) is 2.19. The number of para-hydroxylation sites is 2. The van der Waals surface area contributed by atoms with Crippen molar-refractivity contribution in [2.45, 2.75) is 24.1 Å². The van der Waals surface area contributed by atoms with Crippen LogP contribution in [0.5, 0.6) is 5.75 Å². The molecule has 1 saturated heterocycles. The van der Waals surface area contributed by atoms with Crippen molar-refractivity contribution in [2.24, 2.45) is 0 Å².